The third-order valence-electron chi connectivity index (χ3n) is 4.69. The van der Waals surface area contributed by atoms with Gasteiger partial charge in [-0.3, -0.25) is 9.59 Å². The Kier molecular flexibility index (Phi) is 7.77. The number of aromatic nitrogens is 5. The molecule has 0 spiro atoms. The van der Waals surface area contributed by atoms with Gasteiger partial charge >= 0.3 is 0 Å². The zero-order valence-electron chi connectivity index (χ0n) is 19.2. The standard InChI is InChI=1S/C22H25N9O3S/c1-3-23-19-27-20(24-4-2)31-21(28-19)29-30-22(31)35-13-17(32)25-12-14-7-9-15(10-8-14)26-18(33)16-6-5-11-34-16/h5-11H,3-4,12-13H2,1-2H3,(H,25,32)(H,26,33)(H2,23,24,27,28,29). The monoisotopic (exact) mass is 495 g/mol. The zero-order valence-corrected chi connectivity index (χ0v) is 20.1. The largest absolute Gasteiger partial charge is 0.459 e. The summed E-state index contributed by atoms with van der Waals surface area (Å²) in [6.45, 7) is 5.61. The van der Waals surface area contributed by atoms with Crippen molar-refractivity contribution in [2.45, 2.75) is 25.5 Å². The summed E-state index contributed by atoms with van der Waals surface area (Å²) in [5, 5.41) is 20.7. The average molecular weight is 496 g/mol. The fraction of sp³-hybridized carbons (Fsp3) is 0.273. The molecule has 4 rings (SSSR count). The highest BCUT2D eigenvalue weighted by Gasteiger charge is 2.16. The summed E-state index contributed by atoms with van der Waals surface area (Å²) in [6, 6.07) is 10.4. The molecule has 0 fully saturated rings. The first-order chi connectivity index (χ1) is 17.1. The third-order valence-corrected chi connectivity index (χ3v) is 5.62. The van der Waals surface area contributed by atoms with Gasteiger partial charge in [-0.25, -0.2) is 4.40 Å². The molecule has 12 nitrogen and oxygen atoms in total. The fourth-order valence-electron chi connectivity index (χ4n) is 3.09. The molecule has 0 aliphatic carbocycles. The lowest BCUT2D eigenvalue weighted by molar-refractivity contribution is -0.118. The molecule has 2 amide bonds. The van der Waals surface area contributed by atoms with Crippen molar-refractivity contribution in [3.05, 3.63) is 54.0 Å². The highest BCUT2D eigenvalue weighted by atomic mass is 32.2. The Morgan fingerprint density at radius 2 is 1.83 bits per heavy atom. The summed E-state index contributed by atoms with van der Waals surface area (Å²) in [4.78, 5) is 33.3. The van der Waals surface area contributed by atoms with Gasteiger partial charge in [0.15, 0.2) is 10.9 Å². The molecule has 182 valence electrons. The molecule has 0 unspecified atom stereocenters. The van der Waals surface area contributed by atoms with Crippen LogP contribution in [0.4, 0.5) is 17.6 Å². The van der Waals surface area contributed by atoms with Crippen molar-refractivity contribution in [2.75, 3.05) is 34.8 Å². The zero-order chi connectivity index (χ0) is 24.6. The van der Waals surface area contributed by atoms with Crippen molar-refractivity contribution in [1.82, 2.24) is 29.9 Å². The summed E-state index contributed by atoms with van der Waals surface area (Å²) >= 11 is 1.25. The number of hydrogen-bond donors (Lipinski definition) is 4. The van der Waals surface area contributed by atoms with E-state index < -0.39 is 0 Å². The van der Waals surface area contributed by atoms with Crippen LogP contribution in [0.2, 0.25) is 0 Å². The van der Waals surface area contributed by atoms with Crippen LogP contribution in [0, 0.1) is 0 Å². The summed E-state index contributed by atoms with van der Waals surface area (Å²) < 4.78 is 6.77. The minimum Gasteiger partial charge on any atom is -0.459 e. The Bertz CT molecular complexity index is 1290. The van der Waals surface area contributed by atoms with Crippen LogP contribution < -0.4 is 21.3 Å². The van der Waals surface area contributed by atoms with Crippen LogP contribution in [0.25, 0.3) is 5.78 Å². The van der Waals surface area contributed by atoms with Crippen LogP contribution in [-0.2, 0) is 11.3 Å². The van der Waals surface area contributed by atoms with Gasteiger partial charge in [0.2, 0.25) is 17.8 Å². The molecule has 35 heavy (non-hydrogen) atoms. The third kappa shape index (κ3) is 6.06. The second kappa shape index (κ2) is 11.3. The van der Waals surface area contributed by atoms with E-state index in [2.05, 4.69) is 41.4 Å². The Morgan fingerprint density at radius 3 is 2.54 bits per heavy atom. The molecule has 4 aromatic rings. The molecule has 0 aliphatic rings. The van der Waals surface area contributed by atoms with Gasteiger partial charge in [0.25, 0.3) is 11.7 Å². The number of nitrogens with zero attached hydrogens (tertiary/aromatic N) is 5. The first-order valence-corrected chi connectivity index (χ1v) is 12.0. The molecule has 1 aromatic carbocycles. The normalized spacial score (nSPS) is 10.8. The number of hydrogen-bond acceptors (Lipinski definition) is 10. The van der Waals surface area contributed by atoms with Crippen molar-refractivity contribution in [3.63, 3.8) is 0 Å². The smallest absolute Gasteiger partial charge is 0.291 e. The van der Waals surface area contributed by atoms with Gasteiger partial charge in [0.05, 0.1) is 12.0 Å². The molecule has 3 aromatic heterocycles. The van der Waals surface area contributed by atoms with E-state index >= 15 is 0 Å². The first-order valence-electron chi connectivity index (χ1n) is 11.0. The maximum atomic E-state index is 12.4. The molecular formula is C22H25N9O3S. The van der Waals surface area contributed by atoms with Crippen LogP contribution >= 0.6 is 11.8 Å². The van der Waals surface area contributed by atoms with E-state index in [0.29, 0.717) is 48.2 Å². The van der Waals surface area contributed by atoms with Gasteiger partial charge < -0.3 is 25.7 Å². The van der Waals surface area contributed by atoms with Crippen LogP contribution in [0.3, 0.4) is 0 Å². The number of carbonyl (C=O) groups is 2. The van der Waals surface area contributed by atoms with Crippen molar-refractivity contribution in [1.29, 1.82) is 0 Å². The van der Waals surface area contributed by atoms with Crippen LogP contribution in [0.5, 0.6) is 0 Å². The highest BCUT2D eigenvalue weighted by Crippen LogP contribution is 2.21. The summed E-state index contributed by atoms with van der Waals surface area (Å²) in [5.74, 6) is 1.32. The minimum absolute atomic E-state index is 0.151. The molecule has 3 heterocycles. The fourth-order valence-corrected chi connectivity index (χ4v) is 3.84. The molecule has 0 saturated heterocycles. The van der Waals surface area contributed by atoms with Gasteiger partial charge in [-0.15, -0.1) is 10.2 Å². The number of fused-ring (bicyclic) bond motifs is 1. The van der Waals surface area contributed by atoms with E-state index in [1.807, 2.05) is 26.0 Å². The maximum Gasteiger partial charge on any atom is 0.291 e. The van der Waals surface area contributed by atoms with Crippen molar-refractivity contribution in [2.24, 2.45) is 0 Å². The first kappa shape index (κ1) is 24.0. The number of carbonyl (C=O) groups excluding carboxylic acids is 2. The molecular weight excluding hydrogens is 470 g/mol. The number of nitrogens with one attached hydrogen (secondary N) is 4. The van der Waals surface area contributed by atoms with E-state index in [-0.39, 0.29) is 23.3 Å². The molecule has 13 heteroatoms. The van der Waals surface area contributed by atoms with Gasteiger partial charge in [-0.2, -0.15) is 9.97 Å². The number of amides is 2. The Morgan fingerprint density at radius 1 is 1.03 bits per heavy atom. The Hall–Kier alpha value is -4.13. The van der Waals surface area contributed by atoms with Gasteiger partial charge in [-0.05, 0) is 43.7 Å². The van der Waals surface area contributed by atoms with Crippen LogP contribution in [0.15, 0.2) is 52.2 Å². The minimum atomic E-state index is -0.324. The van der Waals surface area contributed by atoms with E-state index in [4.69, 9.17) is 4.42 Å². The molecule has 0 radical (unpaired) electrons. The van der Waals surface area contributed by atoms with Gasteiger partial charge in [0.1, 0.15) is 0 Å². The van der Waals surface area contributed by atoms with E-state index in [0.717, 1.165) is 5.56 Å². The van der Waals surface area contributed by atoms with Gasteiger partial charge in [-0.1, -0.05) is 23.9 Å². The summed E-state index contributed by atoms with van der Waals surface area (Å²) in [5.41, 5.74) is 1.53. The average Bonchev–Trinajstić information content (AvgIpc) is 3.53. The predicted molar refractivity (Wildman–Crippen MR) is 133 cm³/mol. The quantitative estimate of drug-likeness (QED) is 0.229. The Balaban J connectivity index is 1.31. The SMILES string of the molecule is CCNc1nc(NCC)n2c(SCC(=O)NCc3ccc(NC(=O)c4ccco4)cc3)nnc2n1. The lowest BCUT2D eigenvalue weighted by Crippen LogP contribution is -2.24. The molecule has 0 bridgehead atoms. The van der Waals surface area contributed by atoms with Crippen molar-refractivity contribution >= 4 is 46.9 Å². The van der Waals surface area contributed by atoms with Crippen LogP contribution in [-0.4, -0.2) is 55.2 Å². The number of furan rings is 1. The maximum absolute atomic E-state index is 12.4. The second-order valence-corrected chi connectivity index (χ2v) is 8.19. The summed E-state index contributed by atoms with van der Waals surface area (Å²) in [7, 11) is 0. The van der Waals surface area contributed by atoms with E-state index in [1.165, 1.54) is 18.0 Å². The van der Waals surface area contributed by atoms with Crippen molar-refractivity contribution in [3.8, 4) is 0 Å². The van der Waals surface area contributed by atoms with Gasteiger partial charge in [0, 0.05) is 25.3 Å². The summed E-state index contributed by atoms with van der Waals surface area (Å²) in [6.07, 6.45) is 1.44. The predicted octanol–water partition coefficient (Wildman–Crippen LogP) is 2.64. The van der Waals surface area contributed by atoms with Crippen LogP contribution in [0.1, 0.15) is 30.0 Å². The lowest BCUT2D eigenvalue weighted by Gasteiger charge is -2.10. The number of anilines is 3. The topological polar surface area (TPSA) is 151 Å². The number of benzene rings is 1. The van der Waals surface area contributed by atoms with E-state index in [1.54, 1.807) is 28.7 Å². The second-order valence-electron chi connectivity index (χ2n) is 7.24. The molecule has 0 saturated carbocycles. The van der Waals surface area contributed by atoms with E-state index in [9.17, 15) is 9.59 Å². The molecule has 0 atom stereocenters. The number of thioether (sulfide) groups is 1. The molecule has 0 aliphatic heterocycles. The number of rotatable bonds is 11. The lowest BCUT2D eigenvalue weighted by atomic mass is 10.2. The van der Waals surface area contributed by atoms with Crippen molar-refractivity contribution < 1.29 is 14.0 Å². The Labute approximate surface area is 205 Å². The molecule has 4 N–H and O–H groups in total. The highest BCUT2D eigenvalue weighted by molar-refractivity contribution is 7.99.